The molecule has 0 aliphatic carbocycles. The summed E-state index contributed by atoms with van der Waals surface area (Å²) in [5.74, 6) is -14.0. The molecule has 4 atom stereocenters. The fraction of sp³-hybridized carbons (Fsp3) is 0.739. The maximum Gasteiger partial charge on any atom is 3.00 e. The van der Waals surface area contributed by atoms with Crippen molar-refractivity contribution in [1.29, 1.82) is 0 Å². The first-order valence-electron chi connectivity index (χ1n) is 24.3. The largest absolute Gasteiger partial charge is 3.00 e. The zero-order valence-electron chi connectivity index (χ0n) is 44.1. The Morgan fingerprint density at radius 1 is 0.405 bits per heavy atom. The van der Waals surface area contributed by atoms with E-state index < -0.39 is 134 Å². The summed E-state index contributed by atoms with van der Waals surface area (Å²) >= 11 is 0. The molecule has 0 saturated carbocycles. The van der Waals surface area contributed by atoms with Crippen LogP contribution in [0, 0.1) is 0 Å². The van der Waals surface area contributed by atoms with Crippen LogP contribution in [0.5, 0.6) is 0 Å². The van der Waals surface area contributed by atoms with Gasteiger partial charge in [0, 0.05) is 44.3 Å². The smallest absolute Gasteiger partial charge is 0.480 e. The summed E-state index contributed by atoms with van der Waals surface area (Å²) in [5.41, 5.74) is -1.83. The van der Waals surface area contributed by atoms with Crippen molar-refractivity contribution in [3.05, 3.63) is 0 Å². The molecule has 33 heteroatoms. The van der Waals surface area contributed by atoms with E-state index in [4.69, 9.17) is 44.8 Å². The van der Waals surface area contributed by atoms with Gasteiger partial charge in [-0.2, -0.15) is 0 Å². The van der Waals surface area contributed by atoms with Gasteiger partial charge >= 0.3 is 103 Å². The maximum atomic E-state index is 12.8. The predicted octanol–water partition coefficient (Wildman–Crippen LogP) is -1.59. The number of carboxylic acids is 9. The first kappa shape index (κ1) is 80.5. The number of carboxylic acid groups (broad SMARTS) is 9. The molecule has 0 aromatic heterocycles. The number of hydrogen-bond donors (Lipinski definition) is 12. The average molecular weight is 1270 g/mol. The predicted molar refractivity (Wildman–Crippen MR) is 259 cm³/mol. The molecule has 0 aromatic rings. The van der Waals surface area contributed by atoms with Gasteiger partial charge in [0.15, 0.2) is 0 Å². The molecule has 2 amide bonds. The van der Waals surface area contributed by atoms with Gasteiger partial charge in [-0.1, -0.05) is 12.8 Å². The van der Waals surface area contributed by atoms with Crippen molar-refractivity contribution in [3.8, 4) is 0 Å². The zero-order valence-corrected chi connectivity index (χ0v) is 47.0. The molecule has 0 spiro atoms. The molecule has 0 bridgehead atoms. The second-order valence-corrected chi connectivity index (χ2v) is 18.8. The van der Waals surface area contributed by atoms with E-state index in [1.54, 1.807) is 0 Å². The Labute approximate surface area is 486 Å². The second kappa shape index (κ2) is 43.8. The molecule has 0 rings (SSSR count). The van der Waals surface area contributed by atoms with Gasteiger partial charge in [-0.3, -0.25) is 72.2 Å². The van der Waals surface area contributed by atoms with Gasteiger partial charge in [0.1, 0.15) is 23.9 Å². The van der Waals surface area contributed by atoms with E-state index in [9.17, 15) is 72.9 Å². The van der Waals surface area contributed by atoms with Crippen molar-refractivity contribution in [1.82, 2.24) is 30.7 Å². The van der Waals surface area contributed by atoms with Crippen molar-refractivity contribution in [2.45, 2.75) is 127 Å². The van der Waals surface area contributed by atoms with Crippen LogP contribution in [0.25, 0.3) is 0 Å². The third kappa shape index (κ3) is 40.8. The number of ether oxygens (including phenoxy) is 3. The van der Waals surface area contributed by atoms with E-state index in [0.29, 0.717) is 12.8 Å². The Balaban J connectivity index is -0.00000937. The minimum Gasteiger partial charge on any atom is -0.480 e. The maximum absolute atomic E-state index is 12.8. The van der Waals surface area contributed by atoms with Gasteiger partial charge in [0.2, 0.25) is 11.8 Å². The number of carbonyl (C=O) groups excluding carboxylic acids is 3. The van der Waals surface area contributed by atoms with Crippen LogP contribution in [-0.2, 0) is 121 Å². The summed E-state index contributed by atoms with van der Waals surface area (Å²) in [6.07, 6.45) is 0.672. The SMILES string of the molecule is CC(C)(C)NC(COCCC(=O)CCCCCC(C(=O)O)N(CC(=O)O)CC(=O)O)(COCCC(=O)NCCCCC(C(=O)O)N(CC(=O)O)CC(=O)O)COCCC(=O)NCCC(C(=O)O)N(CC(=O)O)CC(=O)O.[Ni+3].[Ni+3].[Ni+3]. The fourth-order valence-corrected chi connectivity index (χ4v) is 7.78. The number of carbonyl (C=O) groups is 12. The van der Waals surface area contributed by atoms with Crippen molar-refractivity contribution < 1.29 is 167 Å². The number of hydrogen-bond acceptors (Lipinski definition) is 19. The van der Waals surface area contributed by atoms with E-state index >= 15 is 0 Å². The van der Waals surface area contributed by atoms with Gasteiger partial charge in [0.05, 0.1) is 84.4 Å². The van der Waals surface area contributed by atoms with E-state index in [-0.39, 0.29) is 172 Å². The van der Waals surface area contributed by atoms with Gasteiger partial charge in [0.25, 0.3) is 0 Å². The molecule has 0 aromatic carbocycles. The Morgan fingerprint density at radius 2 is 0.722 bits per heavy atom. The van der Waals surface area contributed by atoms with E-state index in [2.05, 4.69) is 16.0 Å². The monoisotopic (exact) mass is 1270 g/mol. The minimum absolute atomic E-state index is 0. The van der Waals surface area contributed by atoms with Crippen molar-refractivity contribution in [2.75, 3.05) is 92.0 Å². The van der Waals surface area contributed by atoms with Crippen LogP contribution in [0.4, 0.5) is 0 Å². The Kier molecular flexibility index (Phi) is 44.6. The van der Waals surface area contributed by atoms with Gasteiger partial charge in [-0.05, 0) is 59.3 Å². The van der Waals surface area contributed by atoms with Crippen LogP contribution in [0.1, 0.15) is 97.8 Å². The summed E-state index contributed by atoms with van der Waals surface area (Å²) < 4.78 is 17.9. The molecule has 0 heterocycles. The molecule has 0 aliphatic heterocycles. The van der Waals surface area contributed by atoms with Crippen LogP contribution < -0.4 is 16.0 Å². The molecular weight excluding hydrogens is 1200 g/mol. The van der Waals surface area contributed by atoms with Crippen LogP contribution >= 0.6 is 0 Å². The third-order valence-corrected chi connectivity index (χ3v) is 10.9. The standard InChI is InChI=1S/C46H76N6O24.3Ni/c1-45(2,3)49-46(29-76-20-15-35(55)48-17-12-33(44(72)73)52(25-40(64)65)26-41(66)67,27-74-18-13-30(53)9-5-4-6-10-31(42(68)69)50(21-36(56)57)22-37(58)59)28-75-19-14-34(54)47-16-8-7-11-32(43(70)71)51(23-38(60)61)24-39(62)63;;;/h31-33,49H,4-29H2,1-3H3,(H,47,54)(H,48,55)(H,56,57)(H,58,59)(H,60,61)(H,62,63)(H,64,65)(H,66,67)(H,68,69)(H,70,71)(H,72,73);;;/q;3*+3. The number of aliphatic carboxylic acids is 9. The average Bonchev–Trinajstić information content (AvgIpc) is 3.26. The van der Waals surface area contributed by atoms with Crippen LogP contribution in [0.3, 0.4) is 0 Å². The number of ketones is 1. The van der Waals surface area contributed by atoms with Gasteiger partial charge in [-0.25, -0.2) is 0 Å². The molecule has 0 saturated heterocycles. The normalized spacial score (nSPS) is 13.0. The van der Waals surface area contributed by atoms with Crippen molar-refractivity contribution in [3.63, 3.8) is 0 Å². The molecular formula is C46H76N6Ni3O24+9. The van der Waals surface area contributed by atoms with E-state index in [0.717, 1.165) is 14.7 Å². The summed E-state index contributed by atoms with van der Waals surface area (Å²) in [6.45, 7) is -0.452. The van der Waals surface area contributed by atoms with Crippen LogP contribution in [0.2, 0.25) is 0 Å². The zero-order chi connectivity index (χ0) is 58.0. The third-order valence-electron chi connectivity index (χ3n) is 10.9. The molecule has 12 N–H and O–H groups in total. The minimum atomic E-state index is -1.54. The van der Waals surface area contributed by atoms with Gasteiger partial charge in [-0.15, -0.1) is 0 Å². The van der Waals surface area contributed by atoms with E-state index in [1.807, 2.05) is 20.8 Å². The number of unbranched alkanes of at least 4 members (excludes halogenated alkanes) is 3. The topological polar surface area (TPSA) is 460 Å². The van der Waals surface area contributed by atoms with Crippen LogP contribution in [0.15, 0.2) is 0 Å². The first-order valence-corrected chi connectivity index (χ1v) is 24.3. The molecule has 4 unspecified atom stereocenters. The van der Waals surface area contributed by atoms with Crippen molar-refractivity contribution >= 4 is 71.3 Å². The van der Waals surface area contributed by atoms with E-state index in [1.165, 1.54) is 0 Å². The first-order chi connectivity index (χ1) is 35.5. The summed E-state index contributed by atoms with van der Waals surface area (Å²) in [7, 11) is 0. The quantitative estimate of drug-likeness (QED) is 0.0241. The van der Waals surface area contributed by atoms with Gasteiger partial charge < -0.3 is 76.1 Å². The summed E-state index contributed by atoms with van der Waals surface area (Å²) in [6, 6.07) is -4.31. The number of Topliss-reactive ketones (excluding diaryl/α,β-unsaturated/α-hetero) is 1. The summed E-state index contributed by atoms with van der Waals surface area (Å²) in [5, 5.41) is 92.1. The molecule has 455 valence electrons. The summed E-state index contributed by atoms with van der Waals surface area (Å²) in [4.78, 5) is 143. The number of amides is 2. The van der Waals surface area contributed by atoms with Crippen molar-refractivity contribution in [2.24, 2.45) is 0 Å². The molecule has 79 heavy (non-hydrogen) atoms. The molecule has 30 nitrogen and oxygen atoms in total. The number of nitrogens with zero attached hydrogens (tertiary/aromatic N) is 3. The number of nitrogens with one attached hydrogen (secondary N) is 3. The number of rotatable bonds is 48. The molecule has 0 aliphatic rings. The Morgan fingerprint density at radius 3 is 1.05 bits per heavy atom. The fourth-order valence-electron chi connectivity index (χ4n) is 7.78. The van der Waals surface area contributed by atoms with Crippen LogP contribution in [-0.4, -0.2) is 253 Å². The Hall–Kier alpha value is -4.96. The molecule has 0 fully saturated rings. The molecule has 3 radical (unpaired) electrons. The Bertz CT molecular complexity index is 1820. The second-order valence-electron chi connectivity index (χ2n) is 18.8.